The van der Waals surface area contributed by atoms with Crippen LogP contribution in [0.4, 0.5) is 0 Å². The molecule has 1 aliphatic carbocycles. The Labute approximate surface area is 191 Å². The molecule has 1 saturated carbocycles. The number of fused-ring (bicyclic) bond motifs is 1. The molecule has 2 heterocycles. The summed E-state index contributed by atoms with van der Waals surface area (Å²) in [5, 5.41) is 13.8. The van der Waals surface area contributed by atoms with Crippen molar-refractivity contribution in [2.45, 2.75) is 63.5 Å². The molecule has 3 atom stereocenters. The van der Waals surface area contributed by atoms with Crippen LogP contribution in [0, 0.1) is 4.84 Å². The van der Waals surface area contributed by atoms with E-state index in [1.807, 2.05) is 18.2 Å². The number of carbonyl (C=O) groups is 2. The lowest BCUT2D eigenvalue weighted by Crippen LogP contribution is -2.50. The fraction of sp³-hybridized carbons (Fsp3) is 0.435. The first-order chi connectivity index (χ1) is 15.5. The number of hydrogen-bond donors (Lipinski definition) is 3. The Bertz CT molecular complexity index is 1160. The molecular weight excluding hydrogens is 426 g/mol. The monoisotopic (exact) mass is 453 g/mol. The van der Waals surface area contributed by atoms with Gasteiger partial charge in [0.15, 0.2) is 0 Å². The maximum atomic E-state index is 13.1. The van der Waals surface area contributed by atoms with Crippen LogP contribution in [0.1, 0.15) is 67.6 Å². The quantitative estimate of drug-likeness (QED) is 0.444. The summed E-state index contributed by atoms with van der Waals surface area (Å²) >= 11 is 4.98. The number of nitrogens with one attached hydrogen (secondary N) is 3. The number of hydrogen-bond acceptors (Lipinski definition) is 6. The highest BCUT2D eigenvalue weighted by molar-refractivity contribution is 7.71. The minimum atomic E-state index is -0.617. The Kier molecular flexibility index (Phi) is 6.94. The first-order valence-electron chi connectivity index (χ1n) is 11.1. The molecule has 3 aromatic rings. The number of H-pyrrole nitrogens is 1. The van der Waals surface area contributed by atoms with Crippen molar-refractivity contribution in [2.24, 2.45) is 0 Å². The zero-order valence-corrected chi connectivity index (χ0v) is 18.8. The molecule has 4 rings (SSSR count). The van der Waals surface area contributed by atoms with E-state index in [0.717, 1.165) is 43.0 Å². The third-order valence-electron chi connectivity index (χ3n) is 5.95. The third kappa shape index (κ3) is 5.04. The van der Waals surface area contributed by atoms with E-state index >= 15 is 0 Å². The first-order valence-corrected chi connectivity index (χ1v) is 11.5. The smallest absolute Gasteiger partial charge is 0.284 e. The molecule has 1 aromatic carbocycles. The number of carbonyl (C=O) groups excluding carboxylic acids is 2. The van der Waals surface area contributed by atoms with Crippen LogP contribution in [0.3, 0.4) is 0 Å². The zero-order chi connectivity index (χ0) is 22.5. The molecule has 3 N–H and O–H groups in total. The van der Waals surface area contributed by atoms with Gasteiger partial charge in [-0.2, -0.15) is 0 Å². The summed E-state index contributed by atoms with van der Waals surface area (Å²) in [6, 6.07) is 8.45. The maximum absolute atomic E-state index is 13.1. The van der Waals surface area contributed by atoms with E-state index in [-0.39, 0.29) is 28.6 Å². The van der Waals surface area contributed by atoms with Crippen molar-refractivity contribution in [1.82, 2.24) is 25.8 Å². The Morgan fingerprint density at radius 3 is 2.97 bits per heavy atom. The second-order valence-corrected chi connectivity index (χ2v) is 8.55. The van der Waals surface area contributed by atoms with Crippen LogP contribution >= 0.6 is 12.2 Å². The molecule has 0 aliphatic heterocycles. The zero-order valence-electron chi connectivity index (χ0n) is 18.0. The summed E-state index contributed by atoms with van der Waals surface area (Å²) in [5.41, 5.74) is 1.23. The molecule has 168 valence electrons. The van der Waals surface area contributed by atoms with Crippen molar-refractivity contribution in [3.63, 3.8) is 0 Å². The number of rotatable bonds is 8. The minimum absolute atomic E-state index is 0.0269. The fourth-order valence-electron chi connectivity index (χ4n) is 4.24. The molecule has 9 heteroatoms. The Balaban J connectivity index is 1.46. The van der Waals surface area contributed by atoms with Crippen molar-refractivity contribution >= 4 is 34.9 Å². The molecule has 8 nitrogen and oxygen atoms in total. The van der Waals surface area contributed by atoms with Crippen molar-refractivity contribution in [3.05, 3.63) is 52.8 Å². The lowest BCUT2D eigenvalue weighted by atomic mass is 10.0. The van der Waals surface area contributed by atoms with Crippen molar-refractivity contribution in [1.29, 1.82) is 0 Å². The fourth-order valence-corrected chi connectivity index (χ4v) is 4.37. The molecular formula is C23H27N5O3S. The summed E-state index contributed by atoms with van der Waals surface area (Å²) in [6.07, 6.45) is 6.68. The third-order valence-corrected chi connectivity index (χ3v) is 6.13. The van der Waals surface area contributed by atoms with E-state index < -0.39 is 6.04 Å². The lowest BCUT2D eigenvalue weighted by Gasteiger charge is -2.23. The van der Waals surface area contributed by atoms with Crippen LogP contribution in [0.25, 0.3) is 10.9 Å². The first kappa shape index (κ1) is 22.1. The summed E-state index contributed by atoms with van der Waals surface area (Å²) in [5.74, 6) is 0.0307. The molecule has 0 bridgehead atoms. The molecule has 1 fully saturated rings. The number of aromatic amines is 1. The van der Waals surface area contributed by atoms with Gasteiger partial charge in [0.2, 0.25) is 11.8 Å². The second kappa shape index (κ2) is 10.0. The van der Waals surface area contributed by atoms with Crippen LogP contribution in [0.15, 0.2) is 40.9 Å². The standard InChI is InChI=1S/C23H27N5O3S/c1-2-3-8-18(26-20(29)15-11-10-14-6-5-12-24-19(14)13-15)21(30)25-17-9-4-7-16(17)22-27-28-23(32)31-22/h5-6,10-13,16-18H,2-4,7-9H2,1H3,(H,25,30)(H,26,29)(H,28,32)/t16-,17+,18+/m1/s1. The van der Waals surface area contributed by atoms with Crippen molar-refractivity contribution < 1.29 is 14.0 Å². The topological polar surface area (TPSA) is 113 Å². The number of amides is 2. The van der Waals surface area contributed by atoms with Gasteiger partial charge < -0.3 is 15.1 Å². The Morgan fingerprint density at radius 1 is 1.31 bits per heavy atom. The van der Waals surface area contributed by atoms with E-state index in [1.165, 1.54) is 0 Å². The molecule has 0 saturated heterocycles. The maximum Gasteiger partial charge on any atom is 0.284 e. The van der Waals surface area contributed by atoms with Gasteiger partial charge in [0, 0.05) is 23.2 Å². The number of aromatic nitrogens is 3. The van der Waals surface area contributed by atoms with Crippen LogP contribution in [-0.2, 0) is 4.79 Å². The van der Waals surface area contributed by atoms with E-state index in [2.05, 4.69) is 32.7 Å². The number of benzene rings is 1. The summed E-state index contributed by atoms with van der Waals surface area (Å²) in [6.45, 7) is 2.06. The molecule has 32 heavy (non-hydrogen) atoms. The molecule has 0 spiro atoms. The Morgan fingerprint density at radius 2 is 2.19 bits per heavy atom. The summed E-state index contributed by atoms with van der Waals surface area (Å²) < 4.78 is 5.48. The summed E-state index contributed by atoms with van der Waals surface area (Å²) in [7, 11) is 0. The van der Waals surface area contributed by atoms with E-state index in [0.29, 0.717) is 17.9 Å². The van der Waals surface area contributed by atoms with Crippen molar-refractivity contribution in [2.75, 3.05) is 0 Å². The predicted molar refractivity (Wildman–Crippen MR) is 123 cm³/mol. The molecule has 1 aliphatic rings. The van der Waals surface area contributed by atoms with Crippen LogP contribution in [-0.4, -0.2) is 39.1 Å². The summed E-state index contributed by atoms with van der Waals surface area (Å²) in [4.78, 5) is 30.6. The SMILES string of the molecule is CCCC[C@H](NC(=O)c1ccc2cccnc2c1)C(=O)N[C@H]1CCC[C@H]1c1n[nH]c(=S)o1. The van der Waals surface area contributed by atoms with Gasteiger partial charge >= 0.3 is 0 Å². The average molecular weight is 454 g/mol. The van der Waals surface area contributed by atoms with E-state index in [9.17, 15) is 9.59 Å². The predicted octanol–water partition coefficient (Wildman–Crippen LogP) is 4.02. The highest BCUT2D eigenvalue weighted by Gasteiger charge is 2.35. The van der Waals surface area contributed by atoms with E-state index in [1.54, 1.807) is 18.3 Å². The van der Waals surface area contributed by atoms with Gasteiger partial charge in [-0.15, -0.1) is 5.10 Å². The number of pyridine rings is 1. The van der Waals surface area contributed by atoms with Crippen molar-refractivity contribution in [3.8, 4) is 0 Å². The molecule has 0 radical (unpaired) electrons. The number of unbranched alkanes of at least 4 members (excludes halogenated alkanes) is 1. The van der Waals surface area contributed by atoms with Gasteiger partial charge in [-0.25, -0.2) is 5.10 Å². The van der Waals surface area contributed by atoms with Crippen LogP contribution in [0.5, 0.6) is 0 Å². The van der Waals surface area contributed by atoms with Crippen LogP contribution in [0.2, 0.25) is 0 Å². The van der Waals surface area contributed by atoms with Gasteiger partial charge in [-0.05, 0) is 49.7 Å². The van der Waals surface area contributed by atoms with Gasteiger partial charge in [-0.3, -0.25) is 14.6 Å². The normalized spacial score (nSPS) is 19.0. The molecule has 0 unspecified atom stereocenters. The van der Waals surface area contributed by atoms with E-state index in [4.69, 9.17) is 16.6 Å². The average Bonchev–Trinajstić information content (AvgIpc) is 3.44. The minimum Gasteiger partial charge on any atom is -0.414 e. The highest BCUT2D eigenvalue weighted by Crippen LogP contribution is 2.33. The molecule has 2 amide bonds. The van der Waals surface area contributed by atoms with Gasteiger partial charge in [0.25, 0.3) is 10.7 Å². The second-order valence-electron chi connectivity index (χ2n) is 8.18. The largest absolute Gasteiger partial charge is 0.414 e. The van der Waals surface area contributed by atoms with Gasteiger partial charge in [0.1, 0.15) is 6.04 Å². The molecule has 2 aromatic heterocycles. The Hall–Kier alpha value is -3.07. The van der Waals surface area contributed by atoms with Gasteiger partial charge in [-0.1, -0.05) is 38.3 Å². The van der Waals surface area contributed by atoms with Crippen LogP contribution < -0.4 is 10.6 Å². The lowest BCUT2D eigenvalue weighted by molar-refractivity contribution is -0.124. The number of nitrogens with zero attached hydrogens (tertiary/aromatic N) is 2. The highest BCUT2D eigenvalue weighted by atomic mass is 32.1. The van der Waals surface area contributed by atoms with Gasteiger partial charge in [0.05, 0.1) is 11.4 Å².